The Morgan fingerprint density at radius 2 is 1.61 bits per heavy atom. The van der Waals surface area contributed by atoms with Gasteiger partial charge in [-0.25, -0.2) is 0 Å². The number of nitrogens with one attached hydrogen (secondary N) is 2. The van der Waals surface area contributed by atoms with Crippen LogP contribution in [0.3, 0.4) is 0 Å². The number of para-hydroxylation sites is 1. The van der Waals surface area contributed by atoms with Crippen LogP contribution < -0.4 is 10.6 Å². The maximum absolute atomic E-state index is 12.9. The molecule has 4 rings (SSSR count). The van der Waals surface area contributed by atoms with Gasteiger partial charge in [0.1, 0.15) is 0 Å². The highest BCUT2D eigenvalue weighted by molar-refractivity contribution is 6.09. The molecule has 3 aromatic carbocycles. The molecule has 6 heteroatoms. The van der Waals surface area contributed by atoms with Crippen molar-refractivity contribution in [1.82, 2.24) is 10.2 Å². The summed E-state index contributed by atoms with van der Waals surface area (Å²) in [7, 11) is 0. The zero-order valence-corrected chi connectivity index (χ0v) is 18.6. The van der Waals surface area contributed by atoms with Gasteiger partial charge in [-0.15, -0.1) is 0 Å². The summed E-state index contributed by atoms with van der Waals surface area (Å²) in [5.74, 6) is -0.378. The summed E-state index contributed by atoms with van der Waals surface area (Å²) < 4.78 is 0. The van der Waals surface area contributed by atoms with Gasteiger partial charge in [-0.1, -0.05) is 54.6 Å². The number of anilines is 1. The number of likely N-dealkylation sites (tertiary alicyclic amines) is 1. The highest BCUT2D eigenvalue weighted by atomic mass is 16.2. The first kappa shape index (κ1) is 22.3. The molecule has 3 amide bonds. The summed E-state index contributed by atoms with van der Waals surface area (Å²) in [5.41, 5.74) is 3.32. The third kappa shape index (κ3) is 5.47. The topological polar surface area (TPSA) is 78.5 Å². The molecule has 0 aromatic heterocycles. The predicted octanol–water partition coefficient (Wildman–Crippen LogP) is 4.55. The zero-order chi connectivity index (χ0) is 23.2. The molecule has 1 fully saturated rings. The molecule has 0 saturated carbocycles. The van der Waals surface area contributed by atoms with Gasteiger partial charge in [-0.2, -0.15) is 0 Å². The van der Waals surface area contributed by atoms with E-state index < -0.39 is 0 Å². The van der Waals surface area contributed by atoms with Crippen LogP contribution in [-0.4, -0.2) is 29.2 Å². The first-order valence-corrected chi connectivity index (χ1v) is 11.1. The smallest absolute Gasteiger partial charge is 0.255 e. The van der Waals surface area contributed by atoms with Gasteiger partial charge in [0, 0.05) is 25.1 Å². The fraction of sp³-hybridized carbons (Fsp3) is 0.222. The molecule has 0 aliphatic carbocycles. The van der Waals surface area contributed by atoms with E-state index in [1.807, 2.05) is 54.3 Å². The predicted molar refractivity (Wildman–Crippen MR) is 128 cm³/mol. The standard InChI is InChI=1S/C27H27N3O3/c1-19(21-8-3-2-4-9-21)28-27(33)23-10-5-6-11-24(23)29-26(32)22-15-13-20(14-16-22)18-30-17-7-12-25(30)31/h2-6,8-11,13-16,19H,7,12,17-18H2,1H3,(H,28,33)(H,29,32). The van der Waals surface area contributed by atoms with E-state index in [0.29, 0.717) is 29.8 Å². The Morgan fingerprint density at radius 1 is 0.909 bits per heavy atom. The van der Waals surface area contributed by atoms with Crippen LogP contribution in [0.15, 0.2) is 78.9 Å². The van der Waals surface area contributed by atoms with Crippen LogP contribution in [0.1, 0.15) is 57.7 Å². The van der Waals surface area contributed by atoms with Crippen LogP contribution in [0.4, 0.5) is 5.69 Å². The average Bonchev–Trinajstić information content (AvgIpc) is 3.24. The van der Waals surface area contributed by atoms with Crippen LogP contribution in [0, 0.1) is 0 Å². The minimum Gasteiger partial charge on any atom is -0.345 e. The number of amides is 3. The lowest BCUT2D eigenvalue weighted by Crippen LogP contribution is -2.28. The second-order valence-electron chi connectivity index (χ2n) is 8.22. The van der Waals surface area contributed by atoms with Crippen molar-refractivity contribution in [3.8, 4) is 0 Å². The van der Waals surface area contributed by atoms with E-state index in [4.69, 9.17) is 0 Å². The Morgan fingerprint density at radius 3 is 2.30 bits per heavy atom. The molecule has 33 heavy (non-hydrogen) atoms. The summed E-state index contributed by atoms with van der Waals surface area (Å²) in [6.07, 6.45) is 1.51. The lowest BCUT2D eigenvalue weighted by atomic mass is 10.1. The van der Waals surface area contributed by atoms with E-state index in [9.17, 15) is 14.4 Å². The van der Waals surface area contributed by atoms with Crippen molar-refractivity contribution in [2.45, 2.75) is 32.4 Å². The summed E-state index contributed by atoms with van der Waals surface area (Å²) in [6, 6.07) is 23.7. The molecule has 168 valence electrons. The molecule has 1 aliphatic heterocycles. The third-order valence-electron chi connectivity index (χ3n) is 5.83. The number of nitrogens with zero attached hydrogens (tertiary/aromatic N) is 1. The van der Waals surface area contributed by atoms with E-state index in [-0.39, 0.29) is 23.8 Å². The maximum atomic E-state index is 12.9. The van der Waals surface area contributed by atoms with E-state index in [0.717, 1.165) is 24.1 Å². The molecule has 2 N–H and O–H groups in total. The SMILES string of the molecule is CC(NC(=O)c1ccccc1NC(=O)c1ccc(CN2CCCC2=O)cc1)c1ccccc1. The summed E-state index contributed by atoms with van der Waals surface area (Å²) in [4.78, 5) is 39.4. The minimum absolute atomic E-state index is 0.169. The second kappa shape index (κ2) is 10.1. The molecule has 0 spiro atoms. The van der Waals surface area contributed by atoms with Crippen LogP contribution in [-0.2, 0) is 11.3 Å². The highest BCUT2D eigenvalue weighted by Crippen LogP contribution is 2.20. The van der Waals surface area contributed by atoms with E-state index in [1.165, 1.54) is 0 Å². The van der Waals surface area contributed by atoms with Crippen LogP contribution >= 0.6 is 0 Å². The van der Waals surface area contributed by atoms with Crippen molar-refractivity contribution in [3.05, 3.63) is 101 Å². The average molecular weight is 442 g/mol. The number of hydrogen-bond acceptors (Lipinski definition) is 3. The molecule has 6 nitrogen and oxygen atoms in total. The summed E-state index contributed by atoms with van der Waals surface area (Å²) in [6.45, 7) is 3.26. The molecule has 1 unspecified atom stereocenters. The third-order valence-corrected chi connectivity index (χ3v) is 5.83. The Kier molecular flexibility index (Phi) is 6.83. The van der Waals surface area contributed by atoms with Crippen molar-refractivity contribution in [2.75, 3.05) is 11.9 Å². The fourth-order valence-corrected chi connectivity index (χ4v) is 3.94. The molecule has 1 saturated heterocycles. The lowest BCUT2D eigenvalue weighted by Gasteiger charge is -2.17. The van der Waals surface area contributed by atoms with Crippen molar-refractivity contribution >= 4 is 23.4 Å². The fourth-order valence-electron chi connectivity index (χ4n) is 3.94. The molecule has 1 aliphatic rings. The lowest BCUT2D eigenvalue weighted by molar-refractivity contribution is -0.128. The molecular weight excluding hydrogens is 414 g/mol. The number of carbonyl (C=O) groups excluding carboxylic acids is 3. The highest BCUT2D eigenvalue weighted by Gasteiger charge is 2.20. The Hall–Kier alpha value is -3.93. The van der Waals surface area contributed by atoms with Gasteiger partial charge in [0.05, 0.1) is 17.3 Å². The van der Waals surface area contributed by atoms with E-state index >= 15 is 0 Å². The Bertz CT molecular complexity index is 1140. The Labute approximate surface area is 193 Å². The van der Waals surface area contributed by atoms with Crippen molar-refractivity contribution in [3.63, 3.8) is 0 Å². The number of carbonyl (C=O) groups is 3. The molecule has 1 atom stereocenters. The molecule has 0 radical (unpaired) electrons. The van der Waals surface area contributed by atoms with Gasteiger partial charge < -0.3 is 15.5 Å². The van der Waals surface area contributed by atoms with Crippen molar-refractivity contribution < 1.29 is 14.4 Å². The monoisotopic (exact) mass is 441 g/mol. The maximum Gasteiger partial charge on any atom is 0.255 e. The zero-order valence-electron chi connectivity index (χ0n) is 18.6. The van der Waals surface area contributed by atoms with E-state index in [2.05, 4.69) is 10.6 Å². The van der Waals surface area contributed by atoms with Gasteiger partial charge in [0.25, 0.3) is 11.8 Å². The normalized spacial score (nSPS) is 14.1. The molecule has 3 aromatic rings. The number of hydrogen-bond donors (Lipinski definition) is 2. The summed E-state index contributed by atoms with van der Waals surface area (Å²) >= 11 is 0. The van der Waals surface area contributed by atoms with Gasteiger partial charge in [0.2, 0.25) is 5.91 Å². The Balaban J connectivity index is 1.42. The van der Waals surface area contributed by atoms with Crippen LogP contribution in [0.5, 0.6) is 0 Å². The van der Waals surface area contributed by atoms with Gasteiger partial charge in [-0.3, -0.25) is 14.4 Å². The van der Waals surface area contributed by atoms with Crippen LogP contribution in [0.2, 0.25) is 0 Å². The van der Waals surface area contributed by atoms with Gasteiger partial charge in [-0.05, 0) is 48.7 Å². The van der Waals surface area contributed by atoms with Crippen molar-refractivity contribution in [1.29, 1.82) is 0 Å². The largest absolute Gasteiger partial charge is 0.345 e. The number of rotatable bonds is 7. The van der Waals surface area contributed by atoms with Crippen LogP contribution in [0.25, 0.3) is 0 Å². The van der Waals surface area contributed by atoms with E-state index in [1.54, 1.807) is 36.4 Å². The van der Waals surface area contributed by atoms with Gasteiger partial charge in [0.15, 0.2) is 0 Å². The second-order valence-corrected chi connectivity index (χ2v) is 8.22. The minimum atomic E-state index is -0.296. The molecule has 0 bridgehead atoms. The first-order chi connectivity index (χ1) is 16.0. The molecule has 1 heterocycles. The quantitative estimate of drug-likeness (QED) is 0.565. The molecular formula is C27H27N3O3. The summed E-state index contributed by atoms with van der Waals surface area (Å²) in [5, 5.41) is 5.84. The number of benzene rings is 3. The van der Waals surface area contributed by atoms with Gasteiger partial charge >= 0.3 is 0 Å². The van der Waals surface area contributed by atoms with Crippen molar-refractivity contribution in [2.24, 2.45) is 0 Å². The first-order valence-electron chi connectivity index (χ1n) is 11.1.